The van der Waals surface area contributed by atoms with Crippen molar-refractivity contribution < 1.29 is 9.21 Å². The Kier molecular flexibility index (Phi) is 4.39. The third-order valence-corrected chi connectivity index (χ3v) is 3.37. The highest BCUT2D eigenvalue weighted by molar-refractivity contribution is 6.01. The first kappa shape index (κ1) is 14.9. The Morgan fingerprint density at radius 2 is 1.83 bits per heavy atom. The van der Waals surface area contributed by atoms with E-state index in [9.17, 15) is 4.79 Å². The van der Waals surface area contributed by atoms with Gasteiger partial charge in [-0.1, -0.05) is 42.5 Å². The van der Waals surface area contributed by atoms with Gasteiger partial charge in [0, 0.05) is 17.3 Å². The molecular formula is C20H17NO2. The van der Waals surface area contributed by atoms with Crippen LogP contribution in [-0.4, -0.2) is 5.91 Å². The Balaban J connectivity index is 1.66. The molecule has 1 N–H and O–H groups in total. The second-order valence-corrected chi connectivity index (χ2v) is 5.26. The maximum absolute atomic E-state index is 11.9. The smallest absolute Gasteiger partial charge is 0.248 e. The highest BCUT2D eigenvalue weighted by atomic mass is 16.3. The van der Waals surface area contributed by atoms with Gasteiger partial charge in [0.05, 0.1) is 0 Å². The molecule has 0 aliphatic heterocycles. The van der Waals surface area contributed by atoms with E-state index in [1.54, 1.807) is 6.08 Å². The van der Waals surface area contributed by atoms with Crippen LogP contribution in [0, 0.1) is 6.92 Å². The van der Waals surface area contributed by atoms with Gasteiger partial charge in [0.15, 0.2) is 0 Å². The highest BCUT2D eigenvalue weighted by Crippen LogP contribution is 2.22. The van der Waals surface area contributed by atoms with Crippen LogP contribution in [0.25, 0.3) is 17.4 Å². The van der Waals surface area contributed by atoms with Gasteiger partial charge in [0.25, 0.3) is 0 Å². The molecule has 3 heteroatoms. The standard InChI is InChI=1S/C20H17NO2/c1-15-6-5-9-17(14-15)21-20(22)13-11-18-10-12-19(23-18)16-7-3-2-4-8-16/h2-14H,1H3,(H,21,22). The fraction of sp³-hybridized carbons (Fsp3) is 0.0500. The zero-order valence-corrected chi connectivity index (χ0v) is 12.8. The number of carbonyl (C=O) groups is 1. The van der Waals surface area contributed by atoms with Crippen molar-refractivity contribution >= 4 is 17.7 Å². The van der Waals surface area contributed by atoms with Crippen molar-refractivity contribution in [2.24, 2.45) is 0 Å². The lowest BCUT2D eigenvalue weighted by Crippen LogP contribution is -2.07. The van der Waals surface area contributed by atoms with Gasteiger partial charge in [-0.15, -0.1) is 0 Å². The first-order valence-electron chi connectivity index (χ1n) is 7.42. The molecule has 1 amide bonds. The zero-order chi connectivity index (χ0) is 16.1. The number of hydrogen-bond donors (Lipinski definition) is 1. The number of aryl methyl sites for hydroxylation is 1. The van der Waals surface area contributed by atoms with Crippen molar-refractivity contribution in [3.63, 3.8) is 0 Å². The summed E-state index contributed by atoms with van der Waals surface area (Å²) in [6, 6.07) is 21.3. The minimum absolute atomic E-state index is 0.187. The van der Waals surface area contributed by atoms with Crippen molar-refractivity contribution in [2.45, 2.75) is 6.92 Å². The second kappa shape index (κ2) is 6.79. The van der Waals surface area contributed by atoms with E-state index >= 15 is 0 Å². The number of furan rings is 1. The summed E-state index contributed by atoms with van der Waals surface area (Å²) in [7, 11) is 0. The van der Waals surface area contributed by atoms with Gasteiger partial charge < -0.3 is 9.73 Å². The molecule has 23 heavy (non-hydrogen) atoms. The molecule has 3 aromatic rings. The fourth-order valence-electron chi connectivity index (χ4n) is 2.26. The van der Waals surface area contributed by atoms with Crippen LogP contribution in [0.4, 0.5) is 5.69 Å². The van der Waals surface area contributed by atoms with Crippen LogP contribution >= 0.6 is 0 Å². The largest absolute Gasteiger partial charge is 0.457 e. The maximum Gasteiger partial charge on any atom is 0.248 e. The van der Waals surface area contributed by atoms with Crippen LogP contribution < -0.4 is 5.32 Å². The van der Waals surface area contributed by atoms with E-state index in [2.05, 4.69) is 5.32 Å². The van der Waals surface area contributed by atoms with Crippen LogP contribution in [-0.2, 0) is 4.79 Å². The molecular weight excluding hydrogens is 286 g/mol. The quantitative estimate of drug-likeness (QED) is 0.696. The fourth-order valence-corrected chi connectivity index (χ4v) is 2.26. The summed E-state index contributed by atoms with van der Waals surface area (Å²) in [4.78, 5) is 11.9. The van der Waals surface area contributed by atoms with Gasteiger partial charge >= 0.3 is 0 Å². The Labute approximate surface area is 135 Å². The molecule has 0 aliphatic carbocycles. The lowest BCUT2D eigenvalue weighted by atomic mass is 10.2. The highest BCUT2D eigenvalue weighted by Gasteiger charge is 2.03. The van der Waals surface area contributed by atoms with Crippen molar-refractivity contribution in [1.29, 1.82) is 0 Å². The third kappa shape index (κ3) is 3.98. The van der Waals surface area contributed by atoms with E-state index in [-0.39, 0.29) is 5.91 Å². The summed E-state index contributed by atoms with van der Waals surface area (Å²) in [5.74, 6) is 1.24. The predicted molar refractivity (Wildman–Crippen MR) is 93.0 cm³/mol. The van der Waals surface area contributed by atoms with Gasteiger partial charge in [0.2, 0.25) is 5.91 Å². The van der Waals surface area contributed by atoms with E-state index in [0.717, 1.165) is 22.6 Å². The summed E-state index contributed by atoms with van der Waals surface area (Å²) < 4.78 is 5.72. The number of rotatable bonds is 4. The first-order valence-corrected chi connectivity index (χ1v) is 7.42. The van der Waals surface area contributed by atoms with Gasteiger partial charge in [-0.2, -0.15) is 0 Å². The second-order valence-electron chi connectivity index (χ2n) is 5.26. The van der Waals surface area contributed by atoms with E-state index < -0.39 is 0 Å². The SMILES string of the molecule is Cc1cccc(NC(=O)C=Cc2ccc(-c3ccccc3)o2)c1. The molecule has 1 aromatic heterocycles. The molecule has 114 valence electrons. The van der Waals surface area contributed by atoms with Crippen molar-refractivity contribution in [1.82, 2.24) is 0 Å². The van der Waals surface area contributed by atoms with Gasteiger partial charge in [-0.3, -0.25) is 4.79 Å². The summed E-state index contributed by atoms with van der Waals surface area (Å²) >= 11 is 0. The molecule has 0 atom stereocenters. The molecule has 0 spiro atoms. The van der Waals surface area contributed by atoms with E-state index in [1.165, 1.54) is 6.08 Å². The predicted octanol–water partition coefficient (Wildman–Crippen LogP) is 4.91. The Morgan fingerprint density at radius 1 is 1.00 bits per heavy atom. The number of hydrogen-bond acceptors (Lipinski definition) is 2. The van der Waals surface area contributed by atoms with Crippen molar-refractivity contribution in [2.75, 3.05) is 5.32 Å². The molecule has 1 heterocycles. The van der Waals surface area contributed by atoms with Crippen LogP contribution in [0.1, 0.15) is 11.3 Å². The van der Waals surface area contributed by atoms with E-state index in [4.69, 9.17) is 4.42 Å². The first-order chi connectivity index (χ1) is 11.2. The Hall–Kier alpha value is -3.07. The van der Waals surface area contributed by atoms with Gasteiger partial charge in [-0.05, 0) is 42.8 Å². The van der Waals surface area contributed by atoms with Crippen LogP contribution in [0.15, 0.2) is 77.2 Å². The topological polar surface area (TPSA) is 42.2 Å². The molecule has 0 radical (unpaired) electrons. The van der Waals surface area contributed by atoms with Crippen molar-refractivity contribution in [3.8, 4) is 11.3 Å². The molecule has 3 rings (SSSR count). The number of amides is 1. The lowest BCUT2D eigenvalue weighted by Gasteiger charge is -2.02. The zero-order valence-electron chi connectivity index (χ0n) is 12.8. The van der Waals surface area contributed by atoms with Gasteiger partial charge in [-0.25, -0.2) is 0 Å². The van der Waals surface area contributed by atoms with Crippen LogP contribution in [0.2, 0.25) is 0 Å². The van der Waals surface area contributed by atoms with E-state index in [0.29, 0.717) is 5.76 Å². The number of benzene rings is 2. The summed E-state index contributed by atoms with van der Waals surface area (Å²) in [6.07, 6.45) is 3.13. The molecule has 2 aromatic carbocycles. The molecule has 0 fully saturated rings. The lowest BCUT2D eigenvalue weighted by molar-refractivity contribution is -0.111. The Morgan fingerprint density at radius 3 is 2.61 bits per heavy atom. The minimum Gasteiger partial charge on any atom is -0.457 e. The number of nitrogens with one attached hydrogen (secondary N) is 1. The molecule has 0 saturated heterocycles. The summed E-state index contributed by atoms with van der Waals surface area (Å²) in [5, 5.41) is 2.82. The average Bonchev–Trinajstić information content (AvgIpc) is 3.03. The van der Waals surface area contributed by atoms with Gasteiger partial charge in [0.1, 0.15) is 11.5 Å². The monoisotopic (exact) mass is 303 g/mol. The van der Waals surface area contributed by atoms with Crippen molar-refractivity contribution in [3.05, 3.63) is 84.1 Å². The third-order valence-electron chi connectivity index (χ3n) is 3.37. The molecule has 0 saturated carbocycles. The summed E-state index contributed by atoms with van der Waals surface area (Å²) in [5.41, 5.74) is 2.89. The van der Waals surface area contributed by atoms with E-state index in [1.807, 2.05) is 73.7 Å². The molecule has 0 unspecified atom stereocenters. The summed E-state index contributed by atoms with van der Waals surface area (Å²) in [6.45, 7) is 1.99. The van der Waals surface area contributed by atoms with Crippen LogP contribution in [0.5, 0.6) is 0 Å². The number of carbonyl (C=O) groups excluding carboxylic acids is 1. The normalized spacial score (nSPS) is 10.8. The maximum atomic E-state index is 11.9. The average molecular weight is 303 g/mol. The molecule has 0 aliphatic rings. The van der Waals surface area contributed by atoms with Crippen LogP contribution in [0.3, 0.4) is 0 Å². The minimum atomic E-state index is -0.187. The molecule has 0 bridgehead atoms. The number of anilines is 1. The molecule has 3 nitrogen and oxygen atoms in total. The Bertz CT molecular complexity index is 832.